The van der Waals surface area contributed by atoms with Crippen molar-refractivity contribution in [2.45, 2.75) is 27.2 Å². The van der Waals surface area contributed by atoms with Crippen molar-refractivity contribution >= 4 is 23.0 Å². The molecular formula is C20H20ClN5. The first-order valence-electron chi connectivity index (χ1n) is 8.45. The molecule has 0 saturated heterocycles. The maximum Gasteiger partial charge on any atom is 0.253 e. The summed E-state index contributed by atoms with van der Waals surface area (Å²) in [6, 6.07) is 5.92. The highest BCUT2D eigenvalue weighted by Crippen LogP contribution is 2.27. The molecule has 0 saturated carbocycles. The molecule has 3 heterocycles. The van der Waals surface area contributed by atoms with E-state index in [1.807, 2.05) is 43.4 Å². The largest absolute Gasteiger partial charge is 0.265 e. The number of nitrogens with zero attached hydrogens (tertiary/aromatic N) is 5. The molecule has 6 heteroatoms. The summed E-state index contributed by atoms with van der Waals surface area (Å²) in [6.45, 7) is 6.13. The van der Waals surface area contributed by atoms with E-state index in [0.29, 0.717) is 10.8 Å². The van der Waals surface area contributed by atoms with Gasteiger partial charge in [-0.2, -0.15) is 14.6 Å². The second-order valence-corrected chi connectivity index (χ2v) is 6.23. The molecule has 132 valence electrons. The molecule has 0 bridgehead atoms. The van der Waals surface area contributed by atoms with E-state index in [2.05, 4.69) is 28.9 Å². The molecule has 3 aromatic heterocycles. The average molecular weight is 366 g/mol. The fourth-order valence-corrected chi connectivity index (χ4v) is 2.64. The number of fused-ring (bicyclic) bond motifs is 1. The van der Waals surface area contributed by atoms with Crippen LogP contribution < -0.4 is 0 Å². The Balaban J connectivity index is 2.22. The van der Waals surface area contributed by atoms with E-state index < -0.39 is 0 Å². The number of hydrogen-bond donors (Lipinski definition) is 0. The van der Waals surface area contributed by atoms with Crippen LogP contribution >= 0.6 is 11.6 Å². The molecule has 3 rings (SSSR count). The van der Waals surface area contributed by atoms with Gasteiger partial charge in [-0.05, 0) is 50.1 Å². The van der Waals surface area contributed by atoms with Crippen LogP contribution in [0.4, 0.5) is 0 Å². The van der Waals surface area contributed by atoms with Gasteiger partial charge < -0.3 is 0 Å². The van der Waals surface area contributed by atoms with Crippen LogP contribution in [0.5, 0.6) is 0 Å². The van der Waals surface area contributed by atoms with E-state index in [4.69, 9.17) is 16.6 Å². The second-order valence-electron chi connectivity index (χ2n) is 5.79. The third-order valence-corrected chi connectivity index (χ3v) is 4.52. The lowest BCUT2D eigenvalue weighted by Gasteiger charge is -2.10. The highest BCUT2D eigenvalue weighted by Gasteiger charge is 2.12. The van der Waals surface area contributed by atoms with E-state index in [-0.39, 0.29) is 0 Å². The molecule has 0 spiro atoms. The van der Waals surface area contributed by atoms with Gasteiger partial charge in [-0.25, -0.2) is 4.98 Å². The molecule has 5 nitrogen and oxygen atoms in total. The van der Waals surface area contributed by atoms with Gasteiger partial charge in [-0.15, -0.1) is 0 Å². The van der Waals surface area contributed by atoms with Crippen molar-refractivity contribution in [2.24, 2.45) is 0 Å². The Morgan fingerprint density at radius 2 is 2.00 bits per heavy atom. The number of aromatic nitrogens is 5. The van der Waals surface area contributed by atoms with E-state index in [1.54, 1.807) is 16.9 Å². The lowest BCUT2D eigenvalue weighted by molar-refractivity contribution is 0.942. The van der Waals surface area contributed by atoms with Gasteiger partial charge >= 0.3 is 0 Å². The predicted octanol–water partition coefficient (Wildman–Crippen LogP) is 5.07. The lowest BCUT2D eigenvalue weighted by Crippen LogP contribution is -2.01. The summed E-state index contributed by atoms with van der Waals surface area (Å²) in [5.74, 6) is 0.557. The Morgan fingerprint density at radius 3 is 2.69 bits per heavy atom. The minimum Gasteiger partial charge on any atom is -0.265 e. The van der Waals surface area contributed by atoms with Gasteiger partial charge in [0.1, 0.15) is 6.33 Å². The van der Waals surface area contributed by atoms with E-state index in [9.17, 15) is 0 Å². The smallest absolute Gasteiger partial charge is 0.253 e. The van der Waals surface area contributed by atoms with Gasteiger partial charge in [0.05, 0.1) is 11.4 Å². The molecule has 0 atom stereocenters. The fourth-order valence-electron chi connectivity index (χ4n) is 2.57. The molecule has 0 aliphatic carbocycles. The van der Waals surface area contributed by atoms with Gasteiger partial charge in [0.15, 0.2) is 0 Å². The summed E-state index contributed by atoms with van der Waals surface area (Å²) in [5, 5.41) is 4.99. The Morgan fingerprint density at radius 1 is 1.23 bits per heavy atom. The molecule has 26 heavy (non-hydrogen) atoms. The third-order valence-electron chi connectivity index (χ3n) is 4.18. The number of rotatable bonds is 5. The van der Waals surface area contributed by atoms with Gasteiger partial charge in [0.2, 0.25) is 0 Å². The maximum atomic E-state index is 6.15. The van der Waals surface area contributed by atoms with Crippen molar-refractivity contribution in [1.29, 1.82) is 0 Å². The van der Waals surface area contributed by atoms with Crippen LogP contribution in [0.25, 0.3) is 22.6 Å². The van der Waals surface area contributed by atoms with Crippen molar-refractivity contribution in [3.05, 3.63) is 71.4 Å². The van der Waals surface area contributed by atoms with Crippen molar-refractivity contribution < 1.29 is 0 Å². The second kappa shape index (κ2) is 8.06. The first kappa shape index (κ1) is 18.0. The van der Waals surface area contributed by atoms with E-state index in [0.717, 1.165) is 28.9 Å². The first-order valence-corrected chi connectivity index (χ1v) is 8.83. The topological polar surface area (TPSA) is 56.0 Å². The zero-order valence-corrected chi connectivity index (χ0v) is 15.8. The van der Waals surface area contributed by atoms with E-state index >= 15 is 0 Å². The zero-order chi connectivity index (χ0) is 18.5. The molecule has 0 aliphatic rings. The number of halogens is 1. The van der Waals surface area contributed by atoms with Crippen LogP contribution in [0, 0.1) is 0 Å². The molecule has 0 radical (unpaired) electrons. The lowest BCUT2D eigenvalue weighted by atomic mass is 10.0. The van der Waals surface area contributed by atoms with Gasteiger partial charge in [-0.1, -0.05) is 36.2 Å². The van der Waals surface area contributed by atoms with Crippen molar-refractivity contribution in [2.75, 3.05) is 0 Å². The maximum absolute atomic E-state index is 6.15. The molecule has 0 aromatic carbocycles. The normalized spacial score (nSPS) is 13.5. The van der Waals surface area contributed by atoms with Crippen LogP contribution in [0.3, 0.4) is 0 Å². The number of hydrogen-bond acceptors (Lipinski definition) is 4. The summed E-state index contributed by atoms with van der Waals surface area (Å²) in [5.41, 5.74) is 5.01. The quantitative estimate of drug-likeness (QED) is 0.592. The third kappa shape index (κ3) is 3.73. The van der Waals surface area contributed by atoms with Gasteiger partial charge in [0, 0.05) is 23.0 Å². The highest BCUT2D eigenvalue weighted by molar-refractivity contribution is 6.31. The van der Waals surface area contributed by atoms with Gasteiger partial charge in [-0.3, -0.25) is 4.98 Å². The van der Waals surface area contributed by atoms with Gasteiger partial charge in [0.25, 0.3) is 5.78 Å². The minimum atomic E-state index is 0.557. The summed E-state index contributed by atoms with van der Waals surface area (Å²) in [7, 11) is 0. The fraction of sp³-hybridized carbons (Fsp3) is 0.200. The molecule has 0 unspecified atom stereocenters. The molecule has 0 N–H and O–H groups in total. The Kier molecular flexibility index (Phi) is 5.58. The molecule has 0 aliphatic heterocycles. The monoisotopic (exact) mass is 365 g/mol. The van der Waals surface area contributed by atoms with Crippen LogP contribution in [0.1, 0.15) is 32.9 Å². The highest BCUT2D eigenvalue weighted by atomic mass is 35.5. The average Bonchev–Trinajstić information content (AvgIpc) is 3.16. The zero-order valence-electron chi connectivity index (χ0n) is 15.0. The van der Waals surface area contributed by atoms with E-state index in [1.165, 1.54) is 11.9 Å². The number of allylic oxidation sites excluding steroid dienone is 6. The predicted molar refractivity (Wildman–Crippen MR) is 106 cm³/mol. The molecule has 0 amide bonds. The van der Waals surface area contributed by atoms with Crippen LogP contribution in [0.15, 0.2) is 65.8 Å². The standard InChI is InChI=1S/C20H20ClN5/c1-4-14(3)17(7-6-16(21)5-2)18-12-19(15-8-10-22-11-9-15)26-20(25-18)23-13-24-26/h5-13H,4H2,1-3H3/b7-6-,16-5+,17-14-. The minimum absolute atomic E-state index is 0.557. The summed E-state index contributed by atoms with van der Waals surface area (Å²) < 4.78 is 1.74. The number of pyridine rings is 1. The van der Waals surface area contributed by atoms with Crippen LogP contribution in [-0.2, 0) is 0 Å². The Hall–Kier alpha value is -2.79. The summed E-state index contributed by atoms with van der Waals surface area (Å²) >= 11 is 6.15. The van der Waals surface area contributed by atoms with Crippen LogP contribution in [0.2, 0.25) is 0 Å². The molecule has 0 fully saturated rings. The van der Waals surface area contributed by atoms with Crippen LogP contribution in [-0.4, -0.2) is 24.6 Å². The molecule has 3 aromatic rings. The summed E-state index contributed by atoms with van der Waals surface area (Å²) in [4.78, 5) is 13.1. The summed E-state index contributed by atoms with van der Waals surface area (Å²) in [6.07, 6.45) is 11.7. The van der Waals surface area contributed by atoms with Crippen molar-refractivity contribution in [1.82, 2.24) is 24.6 Å². The SMILES string of the molecule is C\C=C(Cl)/C=C\C(=C(/C)CC)c1cc(-c2ccncc2)n2ncnc2n1. The molecular weight excluding hydrogens is 346 g/mol. The van der Waals surface area contributed by atoms with Crippen molar-refractivity contribution in [3.8, 4) is 11.3 Å². The Labute approximate surface area is 157 Å². The van der Waals surface area contributed by atoms with Crippen molar-refractivity contribution in [3.63, 3.8) is 0 Å². The first-order chi connectivity index (χ1) is 12.6. The Bertz CT molecular complexity index is 999.